The van der Waals surface area contributed by atoms with Crippen molar-refractivity contribution in [2.75, 3.05) is 5.75 Å². The third-order valence-corrected chi connectivity index (χ3v) is 1.56. The van der Waals surface area contributed by atoms with E-state index in [0.717, 1.165) is 0 Å². The van der Waals surface area contributed by atoms with Gasteiger partial charge in [0.15, 0.2) is 0 Å². The maximum Gasteiger partial charge on any atom is 1.00 e. The third-order valence-electron chi connectivity index (χ3n) is 0.633. The van der Waals surface area contributed by atoms with Gasteiger partial charge in [0.25, 0.3) is 10.1 Å². The Balaban J connectivity index is -0.000000150. The topological polar surface area (TPSA) is 97.7 Å². The summed E-state index contributed by atoms with van der Waals surface area (Å²) in [4.78, 5) is 0. The Kier molecular flexibility index (Phi) is 15.0. The van der Waals surface area contributed by atoms with Crippen LogP contribution in [0.3, 0.4) is 0 Å². The summed E-state index contributed by atoms with van der Waals surface area (Å²) in [6.07, 6.45) is 0.860. The van der Waals surface area contributed by atoms with Gasteiger partial charge in [-0.15, -0.1) is 6.26 Å². The van der Waals surface area contributed by atoms with E-state index in [0.29, 0.717) is 12.7 Å². The monoisotopic (exact) mass is 220 g/mol. The van der Waals surface area contributed by atoms with Crippen molar-refractivity contribution in [3.05, 3.63) is 12.0 Å². The normalized spacial score (nSPS) is 10.8. The molecular formula is C6H13NaO5S. The molecular weight excluding hydrogens is 207 g/mol. The summed E-state index contributed by atoms with van der Waals surface area (Å²) < 4.78 is 27.6. The van der Waals surface area contributed by atoms with Gasteiger partial charge in [0.05, 0.1) is 11.5 Å². The van der Waals surface area contributed by atoms with E-state index in [1.165, 1.54) is 6.92 Å². The zero-order chi connectivity index (χ0) is 10.2. The molecule has 0 aromatic carbocycles. The number of allylic oxidation sites excluding steroid dienone is 1. The van der Waals surface area contributed by atoms with Gasteiger partial charge in [0.2, 0.25) is 0 Å². The van der Waals surface area contributed by atoms with Gasteiger partial charge >= 0.3 is 29.6 Å². The summed E-state index contributed by atoms with van der Waals surface area (Å²) in [5.74, 6) is -0.308. The van der Waals surface area contributed by atoms with Gasteiger partial charge in [-0.2, -0.15) is 8.42 Å². The molecule has 5 nitrogen and oxygen atoms in total. The molecule has 0 atom stereocenters. The molecule has 74 valence electrons. The fraction of sp³-hybridized carbons (Fsp3) is 0.667. The van der Waals surface area contributed by atoms with E-state index >= 15 is 0 Å². The predicted molar refractivity (Wildman–Crippen MR) is 43.1 cm³/mol. The Bertz CT molecular complexity index is 217. The first-order valence-corrected chi connectivity index (χ1v) is 4.87. The van der Waals surface area contributed by atoms with Gasteiger partial charge in [-0.1, -0.05) is 6.92 Å². The van der Waals surface area contributed by atoms with Crippen molar-refractivity contribution < 1.29 is 52.7 Å². The van der Waals surface area contributed by atoms with Crippen LogP contribution < -0.4 is 34.7 Å². The zero-order valence-corrected chi connectivity index (χ0v) is 10.8. The minimum absolute atomic E-state index is 0. The van der Waals surface area contributed by atoms with E-state index in [9.17, 15) is 13.5 Å². The van der Waals surface area contributed by atoms with Crippen LogP contribution in [0.2, 0.25) is 0 Å². The Hall–Kier alpha value is 0.250. The van der Waals surface area contributed by atoms with Crippen LogP contribution in [0.4, 0.5) is 0 Å². The summed E-state index contributed by atoms with van der Waals surface area (Å²) >= 11 is 0. The molecule has 0 saturated carbocycles. The summed E-state index contributed by atoms with van der Waals surface area (Å²) in [5, 5.41) is 17.1. The van der Waals surface area contributed by atoms with Gasteiger partial charge in [0.1, 0.15) is 0 Å². The van der Waals surface area contributed by atoms with Crippen LogP contribution in [0.25, 0.3) is 0 Å². The number of aliphatic hydroxyl groups excluding tert-OH is 1. The molecule has 0 aromatic rings. The molecule has 0 fully saturated rings. The molecule has 0 heterocycles. The minimum Gasteiger partial charge on any atom is -0.876 e. The van der Waals surface area contributed by atoms with Crippen LogP contribution in [-0.4, -0.2) is 23.8 Å². The molecule has 0 spiro atoms. The summed E-state index contributed by atoms with van der Waals surface area (Å²) in [6.45, 7) is 3.01. The van der Waals surface area contributed by atoms with Crippen LogP contribution in [0.5, 0.6) is 0 Å². The van der Waals surface area contributed by atoms with Gasteiger partial charge in [-0.25, -0.2) is 0 Å². The Morgan fingerprint density at radius 3 is 1.85 bits per heavy atom. The van der Waals surface area contributed by atoms with Gasteiger partial charge in [-0.05, 0) is 13.3 Å². The molecule has 2 N–H and O–H groups in total. The first kappa shape index (κ1) is 18.9. The molecule has 0 radical (unpaired) electrons. The predicted octanol–water partition coefficient (Wildman–Crippen LogP) is -2.95. The van der Waals surface area contributed by atoms with Gasteiger partial charge in [-0.3, -0.25) is 4.55 Å². The summed E-state index contributed by atoms with van der Waals surface area (Å²) in [6, 6.07) is 0. The van der Waals surface area contributed by atoms with E-state index in [-0.39, 0.29) is 41.1 Å². The molecule has 13 heavy (non-hydrogen) atoms. The third kappa shape index (κ3) is 32.9. The van der Waals surface area contributed by atoms with Crippen molar-refractivity contribution in [2.24, 2.45) is 0 Å². The second-order valence-corrected chi connectivity index (χ2v) is 3.62. The second-order valence-electron chi connectivity index (χ2n) is 2.05. The number of rotatable bonds is 2. The van der Waals surface area contributed by atoms with Crippen molar-refractivity contribution in [3.63, 3.8) is 0 Å². The number of aliphatic hydroxyl groups is 1. The van der Waals surface area contributed by atoms with Crippen LogP contribution in [-0.2, 0) is 10.1 Å². The van der Waals surface area contributed by atoms with Crippen molar-refractivity contribution >= 4 is 10.1 Å². The van der Waals surface area contributed by atoms with Crippen LogP contribution >= 0.6 is 0 Å². The van der Waals surface area contributed by atoms with Crippen molar-refractivity contribution in [1.29, 1.82) is 0 Å². The van der Waals surface area contributed by atoms with E-state index < -0.39 is 10.1 Å². The van der Waals surface area contributed by atoms with Crippen LogP contribution in [0.1, 0.15) is 20.3 Å². The fourth-order valence-electron chi connectivity index (χ4n) is 0.258. The zero-order valence-electron chi connectivity index (χ0n) is 8.02. The Morgan fingerprint density at radius 2 is 1.85 bits per heavy atom. The number of hydrogen-bond donors (Lipinski definition) is 2. The molecule has 0 aromatic heterocycles. The molecule has 0 bridgehead atoms. The summed E-state index contributed by atoms with van der Waals surface area (Å²) in [7, 11) is -3.67. The molecule has 7 heteroatoms. The van der Waals surface area contributed by atoms with E-state index in [2.05, 4.69) is 0 Å². The fourth-order valence-corrected chi connectivity index (χ4v) is 0.774. The van der Waals surface area contributed by atoms with Crippen molar-refractivity contribution in [2.45, 2.75) is 20.3 Å². The van der Waals surface area contributed by atoms with Gasteiger partial charge in [0, 0.05) is 0 Å². The Labute approximate surface area is 101 Å². The van der Waals surface area contributed by atoms with Crippen LogP contribution in [0, 0.1) is 0 Å². The van der Waals surface area contributed by atoms with Gasteiger partial charge < -0.3 is 10.2 Å². The molecule has 0 amide bonds. The number of hydrogen-bond acceptors (Lipinski definition) is 4. The molecule has 0 aliphatic heterocycles. The first-order chi connectivity index (χ1) is 5.33. The maximum atomic E-state index is 9.79. The molecule has 0 unspecified atom stereocenters. The SMILES string of the molecule is CC(O)=C[O-].CCCS(=O)(=O)O.[Na+]. The minimum atomic E-state index is -3.67. The van der Waals surface area contributed by atoms with Crippen LogP contribution in [0.15, 0.2) is 12.0 Å². The second kappa shape index (κ2) is 10.3. The average Bonchev–Trinajstić information content (AvgIpc) is 1.86. The first-order valence-electron chi connectivity index (χ1n) is 3.26. The molecule has 0 saturated heterocycles. The van der Waals surface area contributed by atoms with E-state index in [4.69, 9.17) is 9.66 Å². The maximum absolute atomic E-state index is 9.79. The van der Waals surface area contributed by atoms with E-state index in [1.807, 2.05) is 0 Å². The molecule has 0 aliphatic carbocycles. The summed E-state index contributed by atoms with van der Waals surface area (Å²) in [5.41, 5.74) is 0. The largest absolute Gasteiger partial charge is 1.00 e. The van der Waals surface area contributed by atoms with Crippen molar-refractivity contribution in [3.8, 4) is 0 Å². The Morgan fingerprint density at radius 1 is 1.54 bits per heavy atom. The van der Waals surface area contributed by atoms with E-state index in [1.54, 1.807) is 6.92 Å². The average molecular weight is 220 g/mol. The molecule has 0 rings (SSSR count). The standard InChI is InChI=1S/C3H8O3S.C3H6O2.Na/c1-2-3-7(4,5)6;1-3(5)2-4;/h2-3H2,1H3,(H,4,5,6);2,4-5H,1H3;/q;;+1/p-1. The van der Waals surface area contributed by atoms with Crippen molar-refractivity contribution in [1.82, 2.24) is 0 Å². The smallest absolute Gasteiger partial charge is 0.876 e. The molecule has 0 aliphatic rings. The quantitative estimate of drug-likeness (QED) is 0.295.